The lowest BCUT2D eigenvalue weighted by molar-refractivity contribution is -0.122. The van der Waals surface area contributed by atoms with Gasteiger partial charge in [-0.2, -0.15) is 0 Å². The predicted molar refractivity (Wildman–Crippen MR) is 93.7 cm³/mol. The number of nitrogens with one attached hydrogen (secondary N) is 1. The van der Waals surface area contributed by atoms with E-state index in [0.29, 0.717) is 16.5 Å². The standard InChI is InChI=1S/C18H16ClN3O2/c1-13(24-17-7-2-4-14(19)10-17)18(23)21-15-5-3-6-16(11-15)22-9-8-20-12-22/h2-13H,1H3,(H,21,23). The van der Waals surface area contributed by atoms with Crippen molar-refractivity contribution in [3.05, 3.63) is 72.3 Å². The van der Waals surface area contributed by atoms with E-state index in [2.05, 4.69) is 10.3 Å². The molecule has 24 heavy (non-hydrogen) atoms. The number of nitrogens with zero attached hydrogens (tertiary/aromatic N) is 2. The highest BCUT2D eigenvalue weighted by Crippen LogP contribution is 2.19. The Labute approximate surface area is 144 Å². The summed E-state index contributed by atoms with van der Waals surface area (Å²) in [5.74, 6) is 0.315. The maximum atomic E-state index is 12.3. The zero-order valence-electron chi connectivity index (χ0n) is 13.0. The molecule has 5 nitrogen and oxygen atoms in total. The van der Waals surface area contributed by atoms with Gasteiger partial charge in [0.25, 0.3) is 5.91 Å². The summed E-state index contributed by atoms with van der Waals surface area (Å²) in [4.78, 5) is 16.3. The molecule has 3 aromatic rings. The van der Waals surface area contributed by atoms with Crippen LogP contribution in [0, 0.1) is 0 Å². The number of halogens is 1. The van der Waals surface area contributed by atoms with Crippen molar-refractivity contribution in [3.63, 3.8) is 0 Å². The molecule has 1 amide bonds. The molecule has 2 aromatic carbocycles. The summed E-state index contributed by atoms with van der Waals surface area (Å²) >= 11 is 5.92. The minimum Gasteiger partial charge on any atom is -0.481 e. The van der Waals surface area contributed by atoms with Crippen molar-refractivity contribution in [2.45, 2.75) is 13.0 Å². The average molecular weight is 342 g/mol. The number of anilines is 1. The molecule has 3 rings (SSSR count). The molecule has 122 valence electrons. The van der Waals surface area contributed by atoms with Gasteiger partial charge in [0.2, 0.25) is 0 Å². The second-order valence-corrected chi connectivity index (χ2v) is 5.66. The largest absolute Gasteiger partial charge is 0.481 e. The van der Waals surface area contributed by atoms with Crippen LogP contribution in [0.2, 0.25) is 5.02 Å². The van der Waals surface area contributed by atoms with E-state index in [-0.39, 0.29) is 5.91 Å². The molecule has 0 spiro atoms. The number of carbonyl (C=O) groups is 1. The maximum absolute atomic E-state index is 12.3. The van der Waals surface area contributed by atoms with Crippen LogP contribution in [-0.2, 0) is 4.79 Å². The van der Waals surface area contributed by atoms with Gasteiger partial charge in [0.05, 0.1) is 6.33 Å². The fourth-order valence-corrected chi connectivity index (χ4v) is 2.38. The highest BCUT2D eigenvalue weighted by atomic mass is 35.5. The molecule has 0 saturated carbocycles. The van der Waals surface area contributed by atoms with Crippen LogP contribution in [0.4, 0.5) is 5.69 Å². The monoisotopic (exact) mass is 341 g/mol. The Morgan fingerprint density at radius 1 is 1.25 bits per heavy atom. The Hall–Kier alpha value is -2.79. The van der Waals surface area contributed by atoms with E-state index in [1.165, 1.54) is 0 Å². The molecule has 0 bridgehead atoms. The number of benzene rings is 2. The Balaban J connectivity index is 1.67. The zero-order chi connectivity index (χ0) is 16.9. The van der Waals surface area contributed by atoms with Crippen LogP contribution in [-0.4, -0.2) is 21.6 Å². The van der Waals surface area contributed by atoms with Gasteiger partial charge in [0.1, 0.15) is 5.75 Å². The molecule has 1 heterocycles. The van der Waals surface area contributed by atoms with Crippen molar-refractivity contribution in [2.24, 2.45) is 0 Å². The first kappa shape index (κ1) is 16.1. The average Bonchev–Trinajstić information content (AvgIpc) is 3.09. The summed E-state index contributed by atoms with van der Waals surface area (Å²) in [6, 6.07) is 14.4. The van der Waals surface area contributed by atoms with Crippen LogP contribution in [0.1, 0.15) is 6.92 Å². The molecule has 6 heteroatoms. The topological polar surface area (TPSA) is 56.1 Å². The Morgan fingerprint density at radius 3 is 2.83 bits per heavy atom. The van der Waals surface area contributed by atoms with E-state index in [0.717, 1.165) is 5.69 Å². The van der Waals surface area contributed by atoms with Crippen LogP contribution in [0.15, 0.2) is 67.3 Å². The third kappa shape index (κ3) is 3.94. The van der Waals surface area contributed by atoms with E-state index in [1.807, 2.05) is 35.0 Å². The molecule has 1 unspecified atom stereocenters. The molecule has 1 N–H and O–H groups in total. The fourth-order valence-electron chi connectivity index (χ4n) is 2.20. The van der Waals surface area contributed by atoms with Crippen molar-refractivity contribution in [2.75, 3.05) is 5.32 Å². The van der Waals surface area contributed by atoms with E-state index in [1.54, 1.807) is 43.7 Å². The van der Waals surface area contributed by atoms with E-state index in [9.17, 15) is 4.79 Å². The summed E-state index contributed by atoms with van der Waals surface area (Å²) < 4.78 is 7.48. The second kappa shape index (κ2) is 7.19. The first-order valence-corrected chi connectivity index (χ1v) is 7.81. The molecule has 0 aliphatic carbocycles. The lowest BCUT2D eigenvalue weighted by Gasteiger charge is -2.15. The number of hydrogen-bond acceptors (Lipinski definition) is 3. The van der Waals surface area contributed by atoms with Crippen molar-refractivity contribution >= 4 is 23.2 Å². The number of hydrogen-bond donors (Lipinski definition) is 1. The predicted octanol–water partition coefficient (Wildman–Crippen LogP) is 3.93. The van der Waals surface area contributed by atoms with Crippen molar-refractivity contribution in [1.82, 2.24) is 9.55 Å². The highest BCUT2D eigenvalue weighted by Gasteiger charge is 2.15. The molecule has 0 saturated heterocycles. The van der Waals surface area contributed by atoms with Gasteiger partial charge >= 0.3 is 0 Å². The normalized spacial score (nSPS) is 11.8. The first-order chi connectivity index (χ1) is 11.6. The van der Waals surface area contributed by atoms with Crippen LogP contribution >= 0.6 is 11.6 Å². The van der Waals surface area contributed by atoms with E-state index < -0.39 is 6.10 Å². The van der Waals surface area contributed by atoms with Crippen molar-refractivity contribution < 1.29 is 9.53 Å². The van der Waals surface area contributed by atoms with Gasteiger partial charge in [0, 0.05) is 28.8 Å². The van der Waals surface area contributed by atoms with Gasteiger partial charge in [0.15, 0.2) is 6.10 Å². The van der Waals surface area contributed by atoms with Crippen LogP contribution in [0.25, 0.3) is 5.69 Å². The summed E-state index contributed by atoms with van der Waals surface area (Å²) in [6.07, 6.45) is 4.59. The summed E-state index contributed by atoms with van der Waals surface area (Å²) in [7, 11) is 0. The van der Waals surface area contributed by atoms with Crippen molar-refractivity contribution in [3.8, 4) is 11.4 Å². The molecular weight excluding hydrogens is 326 g/mol. The molecule has 1 aromatic heterocycles. The Morgan fingerprint density at radius 2 is 2.08 bits per heavy atom. The highest BCUT2D eigenvalue weighted by molar-refractivity contribution is 6.30. The van der Waals surface area contributed by atoms with Gasteiger partial charge in [-0.15, -0.1) is 0 Å². The fraction of sp³-hybridized carbons (Fsp3) is 0.111. The van der Waals surface area contributed by atoms with Crippen LogP contribution in [0.3, 0.4) is 0 Å². The van der Waals surface area contributed by atoms with Crippen LogP contribution < -0.4 is 10.1 Å². The Bertz CT molecular complexity index is 834. The third-order valence-electron chi connectivity index (χ3n) is 3.39. The van der Waals surface area contributed by atoms with Gasteiger partial charge < -0.3 is 14.6 Å². The minimum absolute atomic E-state index is 0.238. The minimum atomic E-state index is -0.652. The number of ether oxygens (including phenoxy) is 1. The number of amides is 1. The number of rotatable bonds is 5. The van der Waals surface area contributed by atoms with Crippen molar-refractivity contribution in [1.29, 1.82) is 0 Å². The van der Waals surface area contributed by atoms with E-state index in [4.69, 9.17) is 16.3 Å². The lowest BCUT2D eigenvalue weighted by Crippen LogP contribution is -2.30. The molecule has 0 fully saturated rings. The van der Waals surface area contributed by atoms with Crippen LogP contribution in [0.5, 0.6) is 5.75 Å². The molecule has 0 aliphatic heterocycles. The molecule has 1 atom stereocenters. The maximum Gasteiger partial charge on any atom is 0.265 e. The SMILES string of the molecule is CC(Oc1cccc(Cl)c1)C(=O)Nc1cccc(-n2ccnc2)c1. The molecule has 0 aliphatic rings. The van der Waals surface area contributed by atoms with E-state index >= 15 is 0 Å². The number of imidazole rings is 1. The van der Waals surface area contributed by atoms with Gasteiger partial charge in [-0.3, -0.25) is 4.79 Å². The summed E-state index contributed by atoms with van der Waals surface area (Å²) in [5.41, 5.74) is 1.60. The molecule has 0 radical (unpaired) electrons. The third-order valence-corrected chi connectivity index (χ3v) is 3.63. The van der Waals surface area contributed by atoms with Gasteiger partial charge in [-0.1, -0.05) is 23.7 Å². The number of carbonyl (C=O) groups excluding carboxylic acids is 1. The first-order valence-electron chi connectivity index (χ1n) is 7.43. The number of aromatic nitrogens is 2. The zero-order valence-corrected chi connectivity index (χ0v) is 13.8. The molecular formula is C18H16ClN3O2. The van der Waals surface area contributed by atoms with Gasteiger partial charge in [-0.05, 0) is 43.3 Å². The summed E-state index contributed by atoms with van der Waals surface area (Å²) in [6.45, 7) is 1.69. The lowest BCUT2D eigenvalue weighted by atomic mass is 10.2. The second-order valence-electron chi connectivity index (χ2n) is 5.23. The summed E-state index contributed by atoms with van der Waals surface area (Å²) in [5, 5.41) is 3.41. The smallest absolute Gasteiger partial charge is 0.265 e. The van der Waals surface area contributed by atoms with Gasteiger partial charge in [-0.25, -0.2) is 4.98 Å². The Kier molecular flexibility index (Phi) is 4.82. The quantitative estimate of drug-likeness (QED) is 0.765.